The van der Waals surface area contributed by atoms with Crippen LogP contribution in [0.15, 0.2) is 30.3 Å². The van der Waals surface area contributed by atoms with Crippen LogP contribution >= 0.6 is 11.3 Å². The predicted molar refractivity (Wildman–Crippen MR) is 79.9 cm³/mol. The average Bonchev–Trinajstić information content (AvgIpc) is 2.81. The molecule has 0 aliphatic rings. The van der Waals surface area contributed by atoms with Gasteiger partial charge in [-0.05, 0) is 42.7 Å². The first kappa shape index (κ1) is 13.8. The fourth-order valence-electron chi connectivity index (χ4n) is 2.03. The zero-order valence-corrected chi connectivity index (χ0v) is 12.3. The van der Waals surface area contributed by atoms with Crippen LogP contribution < -0.4 is 0 Å². The highest BCUT2D eigenvalue weighted by atomic mass is 32.1. The smallest absolute Gasteiger partial charge is 0.303 e. The van der Waals surface area contributed by atoms with Gasteiger partial charge < -0.3 is 5.11 Å². The van der Waals surface area contributed by atoms with Crippen molar-refractivity contribution in [1.29, 1.82) is 0 Å². The Morgan fingerprint density at radius 1 is 1.21 bits per heavy atom. The number of rotatable bonds is 4. The van der Waals surface area contributed by atoms with Crippen LogP contribution in [0.2, 0.25) is 0 Å². The van der Waals surface area contributed by atoms with E-state index in [0.717, 1.165) is 4.88 Å². The topological polar surface area (TPSA) is 37.3 Å². The predicted octanol–water partition coefficient (Wildman–Crippen LogP) is 4.61. The summed E-state index contributed by atoms with van der Waals surface area (Å²) in [7, 11) is 0. The lowest BCUT2D eigenvalue weighted by molar-refractivity contribution is -0.137. The molecule has 1 aromatic carbocycles. The highest BCUT2D eigenvalue weighted by Gasteiger charge is 2.13. The summed E-state index contributed by atoms with van der Waals surface area (Å²) in [6, 6.07) is 10.6. The summed E-state index contributed by atoms with van der Waals surface area (Å²) in [4.78, 5) is 13.1. The Labute approximate surface area is 117 Å². The second-order valence-corrected chi connectivity index (χ2v) is 6.12. The Balaban J connectivity index is 2.25. The molecule has 0 radical (unpaired) electrons. The molecule has 2 rings (SSSR count). The number of carboxylic acids is 1. The van der Waals surface area contributed by atoms with Crippen LogP contribution in [-0.4, -0.2) is 11.1 Å². The van der Waals surface area contributed by atoms with Gasteiger partial charge >= 0.3 is 5.97 Å². The maximum absolute atomic E-state index is 10.7. The van der Waals surface area contributed by atoms with Crippen molar-refractivity contribution in [1.82, 2.24) is 0 Å². The molecule has 0 aliphatic carbocycles. The van der Waals surface area contributed by atoms with Crippen molar-refractivity contribution in [3.8, 4) is 10.4 Å². The summed E-state index contributed by atoms with van der Waals surface area (Å²) in [5, 5.41) is 8.84. The number of hydrogen-bond acceptors (Lipinski definition) is 2. The van der Waals surface area contributed by atoms with E-state index in [1.54, 1.807) is 11.3 Å². The normalized spacial score (nSPS) is 12.4. The molecule has 0 amide bonds. The summed E-state index contributed by atoms with van der Waals surface area (Å²) < 4.78 is 0. The summed E-state index contributed by atoms with van der Waals surface area (Å²) in [6.45, 7) is 6.18. The zero-order chi connectivity index (χ0) is 14.0. The van der Waals surface area contributed by atoms with Gasteiger partial charge in [-0.15, -0.1) is 11.3 Å². The minimum Gasteiger partial charge on any atom is -0.481 e. The van der Waals surface area contributed by atoms with E-state index >= 15 is 0 Å². The fraction of sp³-hybridized carbons (Fsp3) is 0.312. The second kappa shape index (κ2) is 5.57. The third-order valence-corrected chi connectivity index (χ3v) is 4.75. The number of aliphatic carboxylic acids is 1. The van der Waals surface area contributed by atoms with Crippen molar-refractivity contribution >= 4 is 17.3 Å². The molecule has 1 aromatic heterocycles. The molecule has 0 aliphatic heterocycles. The molecule has 2 aromatic rings. The summed E-state index contributed by atoms with van der Waals surface area (Å²) in [5.41, 5.74) is 3.78. The van der Waals surface area contributed by atoms with Gasteiger partial charge in [-0.25, -0.2) is 0 Å². The van der Waals surface area contributed by atoms with Gasteiger partial charge in [0.15, 0.2) is 0 Å². The van der Waals surface area contributed by atoms with Crippen molar-refractivity contribution in [3.05, 3.63) is 46.3 Å². The lowest BCUT2D eigenvalue weighted by atomic mass is 10.0. The van der Waals surface area contributed by atoms with E-state index in [2.05, 4.69) is 38.1 Å². The highest BCUT2D eigenvalue weighted by molar-refractivity contribution is 7.15. The van der Waals surface area contributed by atoms with Crippen LogP contribution in [0.25, 0.3) is 10.4 Å². The first-order valence-corrected chi connectivity index (χ1v) is 7.18. The van der Waals surface area contributed by atoms with Crippen LogP contribution in [-0.2, 0) is 4.79 Å². The Morgan fingerprint density at radius 2 is 1.95 bits per heavy atom. The molecule has 0 saturated carbocycles. The summed E-state index contributed by atoms with van der Waals surface area (Å²) >= 11 is 1.69. The Bertz CT molecular complexity index is 599. The van der Waals surface area contributed by atoms with E-state index in [-0.39, 0.29) is 12.3 Å². The monoisotopic (exact) mass is 274 g/mol. The SMILES string of the molecule is Cc1ccc(-c2ccc(C(C)CC(=O)O)s2)cc1C. The first-order valence-electron chi connectivity index (χ1n) is 6.36. The van der Waals surface area contributed by atoms with Crippen LogP contribution in [0.3, 0.4) is 0 Å². The molecular formula is C16H18O2S. The second-order valence-electron chi connectivity index (χ2n) is 5.00. The van der Waals surface area contributed by atoms with Crippen molar-refractivity contribution in [2.75, 3.05) is 0 Å². The summed E-state index contributed by atoms with van der Waals surface area (Å²) in [6.07, 6.45) is 0.187. The third kappa shape index (κ3) is 3.24. The lowest BCUT2D eigenvalue weighted by Crippen LogP contribution is -2.00. The van der Waals surface area contributed by atoms with Crippen molar-refractivity contribution in [3.63, 3.8) is 0 Å². The molecule has 0 fully saturated rings. The molecule has 0 saturated heterocycles. The van der Waals surface area contributed by atoms with Crippen molar-refractivity contribution in [2.24, 2.45) is 0 Å². The zero-order valence-electron chi connectivity index (χ0n) is 11.4. The van der Waals surface area contributed by atoms with Gasteiger partial charge in [-0.3, -0.25) is 4.79 Å². The number of benzene rings is 1. The fourth-order valence-corrected chi connectivity index (χ4v) is 3.09. The van der Waals surface area contributed by atoms with Gasteiger partial charge in [0.1, 0.15) is 0 Å². The standard InChI is InChI=1S/C16H18O2S/c1-10-4-5-13(8-11(10)2)15-7-6-14(19-15)12(3)9-16(17)18/h4-8,12H,9H2,1-3H3,(H,17,18). The van der Waals surface area contributed by atoms with E-state index in [4.69, 9.17) is 5.11 Å². The van der Waals surface area contributed by atoms with Crippen LogP contribution in [0, 0.1) is 13.8 Å². The average molecular weight is 274 g/mol. The molecular weight excluding hydrogens is 256 g/mol. The van der Waals surface area contributed by atoms with Crippen LogP contribution in [0.5, 0.6) is 0 Å². The molecule has 0 spiro atoms. The van der Waals surface area contributed by atoms with Crippen LogP contribution in [0.1, 0.15) is 35.3 Å². The lowest BCUT2D eigenvalue weighted by Gasteiger charge is -2.05. The Kier molecular flexibility index (Phi) is 4.05. The van der Waals surface area contributed by atoms with Gasteiger partial charge in [0.05, 0.1) is 6.42 Å². The molecule has 1 N–H and O–H groups in total. The number of thiophene rings is 1. The molecule has 1 unspecified atom stereocenters. The van der Waals surface area contributed by atoms with Gasteiger partial charge in [0, 0.05) is 15.7 Å². The van der Waals surface area contributed by atoms with E-state index in [9.17, 15) is 4.79 Å². The third-order valence-electron chi connectivity index (χ3n) is 3.38. The minimum atomic E-state index is -0.742. The quantitative estimate of drug-likeness (QED) is 0.884. The Hall–Kier alpha value is -1.61. The summed E-state index contributed by atoms with van der Waals surface area (Å²) in [5.74, 6) is -0.670. The van der Waals surface area contributed by atoms with Crippen LogP contribution in [0.4, 0.5) is 0 Å². The number of aryl methyl sites for hydroxylation is 2. The maximum Gasteiger partial charge on any atom is 0.303 e. The molecule has 100 valence electrons. The molecule has 19 heavy (non-hydrogen) atoms. The molecule has 2 nitrogen and oxygen atoms in total. The minimum absolute atomic E-state index is 0.0720. The van der Waals surface area contributed by atoms with E-state index < -0.39 is 5.97 Å². The Morgan fingerprint density at radius 3 is 2.58 bits per heavy atom. The van der Waals surface area contributed by atoms with Gasteiger partial charge in [-0.1, -0.05) is 25.1 Å². The maximum atomic E-state index is 10.7. The van der Waals surface area contributed by atoms with Crippen molar-refractivity contribution in [2.45, 2.75) is 33.1 Å². The van der Waals surface area contributed by atoms with Gasteiger partial charge in [0.25, 0.3) is 0 Å². The molecule has 3 heteroatoms. The number of carboxylic acid groups (broad SMARTS) is 1. The molecule has 1 atom stereocenters. The number of carbonyl (C=O) groups is 1. The van der Waals surface area contributed by atoms with E-state index in [1.165, 1.54) is 21.6 Å². The van der Waals surface area contributed by atoms with Crippen molar-refractivity contribution < 1.29 is 9.90 Å². The van der Waals surface area contributed by atoms with Gasteiger partial charge in [-0.2, -0.15) is 0 Å². The first-order chi connectivity index (χ1) is 8.97. The number of hydrogen-bond donors (Lipinski definition) is 1. The molecule has 1 heterocycles. The van der Waals surface area contributed by atoms with E-state index in [1.807, 2.05) is 13.0 Å². The van der Waals surface area contributed by atoms with Gasteiger partial charge in [0.2, 0.25) is 0 Å². The van der Waals surface area contributed by atoms with E-state index in [0.29, 0.717) is 0 Å². The largest absolute Gasteiger partial charge is 0.481 e. The highest BCUT2D eigenvalue weighted by Crippen LogP contribution is 2.34. The molecule has 0 bridgehead atoms.